The predicted octanol–water partition coefficient (Wildman–Crippen LogP) is 1.70. The normalized spacial score (nSPS) is 14.5. The van der Waals surface area contributed by atoms with Crippen molar-refractivity contribution in [2.75, 3.05) is 7.11 Å². The van der Waals surface area contributed by atoms with Gasteiger partial charge in [-0.05, 0) is 0 Å². The second-order valence-corrected chi connectivity index (χ2v) is 3.38. The molecule has 0 N–H and O–H groups in total. The molecule has 5 heteroatoms. The number of rotatable bonds is 1. The standard InChI is InChI=1S/CH3F2IO2/c1-6-4(2,3)5/h1H3. The van der Waals surface area contributed by atoms with Gasteiger partial charge in [-0.15, -0.1) is 0 Å². The SMILES string of the molecule is COI(=O)(F)F. The molecule has 0 aromatic carbocycles. The van der Waals surface area contributed by atoms with Crippen LogP contribution in [0.3, 0.4) is 0 Å². The summed E-state index contributed by atoms with van der Waals surface area (Å²) in [4.78, 5) is 0. The van der Waals surface area contributed by atoms with E-state index in [1.54, 1.807) is 0 Å². The number of halogens is 3. The summed E-state index contributed by atoms with van der Waals surface area (Å²) in [5, 5.41) is 0. The van der Waals surface area contributed by atoms with E-state index in [0.717, 1.165) is 7.11 Å². The molecule has 0 unspecified atom stereocenters. The molecular weight excluding hydrogens is 209 g/mol. The number of hydrogen-bond donors (Lipinski definition) is 0. The Morgan fingerprint density at radius 2 is 1.83 bits per heavy atom. The van der Waals surface area contributed by atoms with E-state index in [-0.39, 0.29) is 0 Å². The van der Waals surface area contributed by atoms with Crippen molar-refractivity contribution in [2.24, 2.45) is 0 Å². The van der Waals surface area contributed by atoms with Crippen LogP contribution in [0.1, 0.15) is 0 Å². The van der Waals surface area contributed by atoms with Crippen LogP contribution in [0.5, 0.6) is 0 Å². The van der Waals surface area contributed by atoms with E-state index in [9.17, 15) is 5.72 Å². The van der Waals surface area contributed by atoms with Crippen LogP contribution in [0.15, 0.2) is 0 Å². The molecule has 0 spiro atoms. The Bertz CT molecular complexity index is 75.6. The van der Waals surface area contributed by atoms with Crippen molar-refractivity contribution in [1.29, 1.82) is 0 Å². The summed E-state index contributed by atoms with van der Waals surface area (Å²) in [5.74, 6) is 0. The Morgan fingerprint density at radius 1 is 1.67 bits per heavy atom. The fraction of sp³-hybridized carbons (Fsp3) is 1.00. The van der Waals surface area contributed by atoms with Gasteiger partial charge in [0.05, 0.1) is 0 Å². The van der Waals surface area contributed by atoms with E-state index >= 15 is 0 Å². The molecule has 0 amide bonds. The van der Waals surface area contributed by atoms with Gasteiger partial charge in [0.15, 0.2) is 0 Å². The van der Waals surface area contributed by atoms with E-state index in [1.165, 1.54) is 0 Å². The second kappa shape index (κ2) is 1.87. The molecule has 0 saturated heterocycles. The van der Waals surface area contributed by atoms with Crippen molar-refractivity contribution in [3.63, 3.8) is 0 Å². The van der Waals surface area contributed by atoms with Gasteiger partial charge in [0.2, 0.25) is 0 Å². The molecule has 0 radical (unpaired) electrons. The molecule has 2 nitrogen and oxygen atoms in total. The van der Waals surface area contributed by atoms with Gasteiger partial charge in [-0.2, -0.15) is 0 Å². The molecule has 0 saturated carbocycles. The molecule has 0 aromatic heterocycles. The maximum atomic E-state index is 10.9. The fourth-order valence-corrected chi connectivity index (χ4v) is 0. The van der Waals surface area contributed by atoms with Gasteiger partial charge in [0.1, 0.15) is 0 Å². The molecule has 0 aliphatic rings. The average molecular weight is 212 g/mol. The third kappa shape index (κ3) is 4.35. The van der Waals surface area contributed by atoms with Crippen molar-refractivity contribution >= 4 is 20.0 Å². The monoisotopic (exact) mass is 212 g/mol. The summed E-state index contributed by atoms with van der Waals surface area (Å²) in [6.45, 7) is 0. The third-order valence-corrected chi connectivity index (χ3v) is 1.21. The average Bonchev–Trinajstić information content (AvgIpc) is 1.35. The van der Waals surface area contributed by atoms with E-state index in [0.29, 0.717) is 0 Å². The zero-order valence-corrected chi connectivity index (χ0v) is 5.11. The van der Waals surface area contributed by atoms with Gasteiger partial charge in [-0.3, -0.25) is 0 Å². The molecule has 0 atom stereocenters. The minimum absolute atomic E-state index is 0.726. The summed E-state index contributed by atoms with van der Waals surface area (Å²) >= 11 is -5.73. The van der Waals surface area contributed by atoms with Crippen molar-refractivity contribution in [3.8, 4) is 0 Å². The van der Waals surface area contributed by atoms with Gasteiger partial charge < -0.3 is 0 Å². The van der Waals surface area contributed by atoms with Gasteiger partial charge in [-0.1, -0.05) is 0 Å². The third-order valence-electron chi connectivity index (χ3n) is 0.180. The molecule has 0 aromatic rings. The molecule has 0 rings (SSSR count). The van der Waals surface area contributed by atoms with Gasteiger partial charge in [-0.25, -0.2) is 0 Å². The zero-order valence-electron chi connectivity index (χ0n) is 2.95. The molecule has 0 aliphatic heterocycles. The van der Waals surface area contributed by atoms with E-state index in [1.807, 2.05) is 0 Å². The maximum absolute atomic E-state index is 10.9. The first-order valence-electron chi connectivity index (χ1n) is 1.00. The number of hydrogen-bond acceptors (Lipinski definition) is 2. The Hall–Kier alpha value is 0.350. The molecule has 0 aliphatic carbocycles. The minimum atomic E-state index is -5.73. The summed E-state index contributed by atoms with van der Waals surface area (Å²) < 4.78 is 34.0. The van der Waals surface area contributed by atoms with E-state index < -0.39 is 20.0 Å². The predicted molar refractivity (Wildman–Crippen MR) is 23.9 cm³/mol. The van der Waals surface area contributed by atoms with E-state index in [4.69, 9.17) is 3.07 Å². The summed E-state index contributed by atoms with van der Waals surface area (Å²) in [7, 11) is 0.726. The Kier molecular flexibility index (Phi) is 1.98. The van der Waals surface area contributed by atoms with Crippen molar-refractivity contribution < 1.29 is 11.9 Å². The fourth-order valence-electron chi connectivity index (χ4n) is 0. The quantitative estimate of drug-likeness (QED) is 0.618. The Balaban J connectivity index is 3.48. The van der Waals surface area contributed by atoms with Gasteiger partial charge in [0, 0.05) is 0 Å². The van der Waals surface area contributed by atoms with Crippen LogP contribution in [0.4, 0.5) is 5.72 Å². The molecule has 0 bridgehead atoms. The van der Waals surface area contributed by atoms with Crippen LogP contribution < -0.4 is 0 Å². The topological polar surface area (TPSA) is 26.3 Å². The van der Waals surface area contributed by atoms with Crippen molar-refractivity contribution in [3.05, 3.63) is 0 Å². The van der Waals surface area contributed by atoms with Crippen LogP contribution in [-0.4, -0.2) is 7.11 Å². The Morgan fingerprint density at radius 3 is 1.83 bits per heavy atom. The van der Waals surface area contributed by atoms with Crippen LogP contribution >= 0.6 is 20.0 Å². The van der Waals surface area contributed by atoms with Crippen molar-refractivity contribution in [1.82, 2.24) is 0 Å². The molecular formula is CH3F2IO2. The summed E-state index contributed by atoms with van der Waals surface area (Å²) in [5.41, 5.74) is 0. The van der Waals surface area contributed by atoms with Crippen molar-refractivity contribution in [2.45, 2.75) is 0 Å². The molecule has 0 heterocycles. The van der Waals surface area contributed by atoms with Crippen LogP contribution in [0.25, 0.3) is 0 Å². The zero-order chi connectivity index (χ0) is 5.21. The summed E-state index contributed by atoms with van der Waals surface area (Å²) in [6, 6.07) is 0. The molecule has 6 heavy (non-hydrogen) atoms. The molecule has 0 fully saturated rings. The summed E-state index contributed by atoms with van der Waals surface area (Å²) in [6.07, 6.45) is 0. The van der Waals surface area contributed by atoms with Crippen LogP contribution in [-0.2, 0) is 6.14 Å². The first-order valence-corrected chi connectivity index (χ1v) is 4.40. The van der Waals surface area contributed by atoms with Gasteiger partial charge in [0.25, 0.3) is 0 Å². The van der Waals surface area contributed by atoms with E-state index in [2.05, 4.69) is 3.07 Å². The van der Waals surface area contributed by atoms with Crippen LogP contribution in [0, 0.1) is 0 Å². The van der Waals surface area contributed by atoms with Gasteiger partial charge >= 0.3 is 38.9 Å². The second-order valence-electron chi connectivity index (χ2n) is 0.505. The Labute approximate surface area is 39.5 Å². The van der Waals surface area contributed by atoms with Crippen LogP contribution in [0.2, 0.25) is 0 Å². The first kappa shape index (κ1) is 6.35. The molecule has 40 valence electrons. The first-order chi connectivity index (χ1) is 2.56.